The van der Waals surface area contributed by atoms with Crippen molar-refractivity contribution in [3.8, 4) is 5.75 Å². The number of nitrogens with zero attached hydrogens (tertiary/aromatic N) is 1. The lowest BCUT2D eigenvalue weighted by atomic mass is 9.53. The molecule has 30 heavy (non-hydrogen) atoms. The number of urea groups is 1. The summed E-state index contributed by atoms with van der Waals surface area (Å²) >= 11 is 0. The van der Waals surface area contributed by atoms with Gasteiger partial charge in [0.25, 0.3) is 0 Å². The number of benzene rings is 1. The number of carbonyl (C=O) groups is 1. The van der Waals surface area contributed by atoms with Gasteiger partial charge in [0.2, 0.25) is 0 Å². The maximum Gasteiger partial charge on any atom is 0.318 e. The summed E-state index contributed by atoms with van der Waals surface area (Å²) in [5, 5.41) is 3.47. The molecule has 4 saturated carbocycles. The minimum Gasteiger partial charge on any atom is -0.383 e. The summed E-state index contributed by atoms with van der Waals surface area (Å²) in [6, 6.07) is 7.07. The van der Waals surface area contributed by atoms with E-state index < -0.39 is 10.1 Å². The Morgan fingerprint density at radius 2 is 1.80 bits per heavy atom. The van der Waals surface area contributed by atoms with Crippen molar-refractivity contribution in [3.63, 3.8) is 0 Å². The number of rotatable bonds is 7. The highest BCUT2D eigenvalue weighted by atomic mass is 32.2. The highest BCUT2D eigenvalue weighted by molar-refractivity contribution is 7.86. The second-order valence-corrected chi connectivity index (χ2v) is 11.5. The lowest BCUT2D eigenvalue weighted by Crippen LogP contribution is -2.62. The van der Waals surface area contributed by atoms with Gasteiger partial charge < -0.3 is 14.4 Å². The predicted octanol–water partition coefficient (Wildman–Crippen LogP) is 4.30. The Hall–Kier alpha value is -1.76. The summed E-state index contributed by atoms with van der Waals surface area (Å²) in [5.74, 6) is 2.61. The maximum atomic E-state index is 13.4. The van der Waals surface area contributed by atoms with E-state index in [1.165, 1.54) is 19.3 Å². The fourth-order valence-corrected chi connectivity index (χ4v) is 6.73. The van der Waals surface area contributed by atoms with E-state index in [9.17, 15) is 13.2 Å². The number of carbonyl (C=O) groups excluding carboxylic acids is 1. The molecule has 5 rings (SSSR count). The number of hydrogen-bond donors (Lipinski definition) is 1. The highest BCUT2D eigenvalue weighted by Gasteiger charge is 2.51. The summed E-state index contributed by atoms with van der Waals surface area (Å²) in [6.07, 6.45) is 9.29. The molecule has 0 saturated heterocycles. The fourth-order valence-electron chi connectivity index (χ4n) is 6.28. The van der Waals surface area contributed by atoms with Gasteiger partial charge in [0.1, 0.15) is 5.75 Å². The van der Waals surface area contributed by atoms with Crippen molar-refractivity contribution >= 4 is 16.1 Å². The van der Waals surface area contributed by atoms with Gasteiger partial charge in [0.15, 0.2) is 0 Å². The minimum atomic E-state index is -3.58. The second kappa shape index (κ2) is 8.06. The van der Waals surface area contributed by atoms with Crippen LogP contribution < -0.4 is 9.50 Å². The molecule has 4 aliphatic rings. The lowest BCUT2D eigenvalue weighted by Gasteiger charge is -2.57. The van der Waals surface area contributed by atoms with E-state index in [-0.39, 0.29) is 23.4 Å². The standard InChI is InChI=1S/C23H34N2O4S/c1-4-16(2)25(15-17-6-5-7-21(11-17)29-30(3,27)28)22(26)24-23-12-18-8-19(13-23)10-20(9-18)14-23/h5-7,11,16,18-20H,4,8-10,12-15H2,1-3H3,(H,24,26). The van der Waals surface area contributed by atoms with Gasteiger partial charge in [0, 0.05) is 18.1 Å². The van der Waals surface area contributed by atoms with E-state index in [1.807, 2.05) is 11.0 Å². The van der Waals surface area contributed by atoms with Crippen LogP contribution in [0.3, 0.4) is 0 Å². The Labute approximate surface area is 180 Å². The molecule has 0 spiro atoms. The third-order valence-electron chi connectivity index (χ3n) is 7.29. The monoisotopic (exact) mass is 434 g/mol. The molecule has 0 heterocycles. The van der Waals surface area contributed by atoms with Gasteiger partial charge in [-0.15, -0.1) is 0 Å². The maximum absolute atomic E-state index is 13.4. The normalized spacial score (nSPS) is 30.7. The molecule has 4 bridgehead atoms. The van der Waals surface area contributed by atoms with Crippen LogP contribution in [0.1, 0.15) is 64.4 Å². The van der Waals surface area contributed by atoms with Crippen LogP contribution in [0.4, 0.5) is 4.79 Å². The van der Waals surface area contributed by atoms with Crippen molar-refractivity contribution in [2.24, 2.45) is 17.8 Å². The smallest absolute Gasteiger partial charge is 0.318 e. The molecule has 4 aliphatic carbocycles. The van der Waals surface area contributed by atoms with Gasteiger partial charge in [-0.05, 0) is 87.3 Å². The first-order valence-electron chi connectivity index (χ1n) is 11.2. The minimum absolute atomic E-state index is 0.000680. The van der Waals surface area contributed by atoms with Crippen LogP contribution >= 0.6 is 0 Å². The summed E-state index contributed by atoms with van der Waals surface area (Å²) in [5.41, 5.74) is 0.829. The zero-order valence-corrected chi connectivity index (χ0v) is 19.1. The number of amides is 2. The van der Waals surface area contributed by atoms with Gasteiger partial charge >= 0.3 is 16.1 Å². The number of nitrogens with one attached hydrogen (secondary N) is 1. The highest BCUT2D eigenvalue weighted by Crippen LogP contribution is 2.55. The van der Waals surface area contributed by atoms with Crippen molar-refractivity contribution in [3.05, 3.63) is 29.8 Å². The SMILES string of the molecule is CCC(C)N(Cc1cccc(OS(C)(=O)=O)c1)C(=O)NC12CC3CC(CC(C3)C1)C2. The molecular formula is C23H34N2O4S. The molecule has 0 radical (unpaired) electrons. The average molecular weight is 435 g/mol. The summed E-state index contributed by atoms with van der Waals surface area (Å²) < 4.78 is 27.9. The van der Waals surface area contributed by atoms with E-state index >= 15 is 0 Å². The third kappa shape index (κ3) is 4.76. The largest absolute Gasteiger partial charge is 0.383 e. The van der Waals surface area contributed by atoms with Gasteiger partial charge in [-0.3, -0.25) is 0 Å². The number of hydrogen-bond acceptors (Lipinski definition) is 4. The Kier molecular flexibility index (Phi) is 5.77. The van der Waals surface area contributed by atoms with Crippen molar-refractivity contribution in [2.45, 2.75) is 76.9 Å². The van der Waals surface area contributed by atoms with Crippen LogP contribution in [-0.2, 0) is 16.7 Å². The molecule has 7 heteroatoms. The Balaban J connectivity index is 1.49. The van der Waals surface area contributed by atoms with Crippen LogP contribution in [-0.4, -0.2) is 37.2 Å². The van der Waals surface area contributed by atoms with Crippen LogP contribution in [0, 0.1) is 17.8 Å². The van der Waals surface area contributed by atoms with Crippen molar-refractivity contribution in [1.82, 2.24) is 10.2 Å². The van der Waals surface area contributed by atoms with Gasteiger partial charge in [-0.1, -0.05) is 19.1 Å². The fraction of sp³-hybridized carbons (Fsp3) is 0.696. The first-order chi connectivity index (χ1) is 14.1. The summed E-state index contributed by atoms with van der Waals surface area (Å²) in [4.78, 5) is 15.3. The molecule has 0 aromatic heterocycles. The van der Waals surface area contributed by atoms with E-state index in [0.29, 0.717) is 6.54 Å². The van der Waals surface area contributed by atoms with Crippen molar-refractivity contribution in [1.29, 1.82) is 0 Å². The summed E-state index contributed by atoms with van der Waals surface area (Å²) in [6.45, 7) is 4.57. The predicted molar refractivity (Wildman–Crippen MR) is 117 cm³/mol. The zero-order chi connectivity index (χ0) is 21.5. The molecule has 4 fully saturated rings. The zero-order valence-electron chi connectivity index (χ0n) is 18.3. The molecule has 1 aromatic rings. The Morgan fingerprint density at radius 3 is 2.33 bits per heavy atom. The third-order valence-corrected chi connectivity index (χ3v) is 7.79. The molecule has 1 unspecified atom stereocenters. The second-order valence-electron chi connectivity index (χ2n) is 9.95. The summed E-state index contributed by atoms with van der Waals surface area (Å²) in [7, 11) is -3.58. The molecule has 1 atom stereocenters. The first kappa shape index (κ1) is 21.5. The van der Waals surface area contributed by atoms with Crippen molar-refractivity contribution < 1.29 is 17.4 Å². The quantitative estimate of drug-likeness (QED) is 0.649. The molecule has 1 N–H and O–H groups in total. The molecule has 166 valence electrons. The molecular weight excluding hydrogens is 400 g/mol. The topological polar surface area (TPSA) is 75.7 Å². The van der Waals surface area contributed by atoms with Crippen LogP contribution in [0.15, 0.2) is 24.3 Å². The Morgan fingerprint density at radius 1 is 1.20 bits per heavy atom. The van der Waals surface area contributed by atoms with E-state index in [0.717, 1.165) is 55.3 Å². The van der Waals surface area contributed by atoms with Gasteiger partial charge in [-0.2, -0.15) is 8.42 Å². The lowest BCUT2D eigenvalue weighted by molar-refractivity contribution is -0.0165. The van der Waals surface area contributed by atoms with Gasteiger partial charge in [-0.25, -0.2) is 4.79 Å². The molecule has 2 amide bonds. The van der Waals surface area contributed by atoms with E-state index in [1.54, 1.807) is 18.2 Å². The Bertz CT molecular complexity index is 863. The van der Waals surface area contributed by atoms with Gasteiger partial charge in [0.05, 0.1) is 6.26 Å². The molecule has 0 aliphatic heterocycles. The van der Waals surface area contributed by atoms with Crippen LogP contribution in [0.2, 0.25) is 0 Å². The van der Waals surface area contributed by atoms with Crippen molar-refractivity contribution in [2.75, 3.05) is 6.26 Å². The van der Waals surface area contributed by atoms with E-state index in [2.05, 4.69) is 19.2 Å². The van der Waals surface area contributed by atoms with E-state index in [4.69, 9.17) is 4.18 Å². The molecule has 6 nitrogen and oxygen atoms in total. The first-order valence-corrected chi connectivity index (χ1v) is 13.0. The van der Waals surface area contributed by atoms with Crippen LogP contribution in [0.25, 0.3) is 0 Å². The average Bonchev–Trinajstić information content (AvgIpc) is 2.63. The van der Waals surface area contributed by atoms with Crippen LogP contribution in [0.5, 0.6) is 5.75 Å². The molecule has 1 aromatic carbocycles.